The lowest BCUT2D eigenvalue weighted by molar-refractivity contribution is -0.385. The van der Waals surface area contributed by atoms with E-state index < -0.39 is 4.92 Å². The average Bonchev–Trinajstić information content (AvgIpc) is 2.34. The van der Waals surface area contributed by atoms with Crippen molar-refractivity contribution in [3.05, 3.63) is 26.9 Å². The number of nitro groups is 1. The number of hydrogen-bond donors (Lipinski definition) is 1. The summed E-state index contributed by atoms with van der Waals surface area (Å²) >= 11 is 3.23. The summed E-state index contributed by atoms with van der Waals surface area (Å²) in [5.41, 5.74) is 5.91. The summed E-state index contributed by atoms with van der Waals surface area (Å²) in [6.45, 7) is 0. The highest BCUT2D eigenvalue weighted by Crippen LogP contribution is 2.29. The minimum absolute atomic E-state index is 0.00245. The van der Waals surface area contributed by atoms with Crippen molar-refractivity contribution in [2.45, 2.75) is 37.8 Å². The highest BCUT2D eigenvalue weighted by atomic mass is 79.9. The Labute approximate surface area is 113 Å². The van der Waals surface area contributed by atoms with Crippen LogP contribution in [0, 0.1) is 10.1 Å². The summed E-state index contributed by atoms with van der Waals surface area (Å²) in [7, 11) is 0. The van der Waals surface area contributed by atoms with Crippen molar-refractivity contribution in [2.24, 2.45) is 5.73 Å². The molecule has 7 heteroatoms. The molecular weight excluding hydrogens is 302 g/mol. The Morgan fingerprint density at radius 2 is 2.22 bits per heavy atom. The molecular formula is C11H14BrN3O3. The van der Waals surface area contributed by atoms with E-state index in [9.17, 15) is 10.1 Å². The Hall–Kier alpha value is -1.21. The molecule has 0 spiro atoms. The van der Waals surface area contributed by atoms with Crippen molar-refractivity contribution in [2.75, 3.05) is 0 Å². The van der Waals surface area contributed by atoms with Gasteiger partial charge >= 0.3 is 0 Å². The zero-order valence-corrected chi connectivity index (χ0v) is 11.3. The maximum atomic E-state index is 10.6. The molecule has 1 aromatic rings. The van der Waals surface area contributed by atoms with Gasteiger partial charge in [0, 0.05) is 12.1 Å². The Kier molecular flexibility index (Phi) is 4.13. The number of halogens is 1. The first kappa shape index (κ1) is 13.2. The lowest BCUT2D eigenvalue weighted by Gasteiger charge is -2.28. The van der Waals surface area contributed by atoms with Gasteiger partial charge in [0.15, 0.2) is 0 Å². The third-order valence-corrected chi connectivity index (χ3v) is 3.59. The Balaban J connectivity index is 2.11. The largest absolute Gasteiger partial charge is 0.472 e. The van der Waals surface area contributed by atoms with Crippen molar-refractivity contribution in [3.8, 4) is 5.88 Å². The molecule has 0 bridgehead atoms. The summed E-state index contributed by atoms with van der Waals surface area (Å²) in [5.74, 6) is 0.364. The van der Waals surface area contributed by atoms with Gasteiger partial charge in [-0.15, -0.1) is 0 Å². The smallest absolute Gasteiger partial charge is 0.288 e. The molecule has 98 valence electrons. The first-order valence-electron chi connectivity index (χ1n) is 5.80. The van der Waals surface area contributed by atoms with Gasteiger partial charge in [0.2, 0.25) is 5.88 Å². The van der Waals surface area contributed by atoms with E-state index in [1.807, 2.05) is 0 Å². The monoisotopic (exact) mass is 315 g/mol. The maximum absolute atomic E-state index is 10.6. The molecule has 2 N–H and O–H groups in total. The molecule has 0 aliphatic heterocycles. The van der Waals surface area contributed by atoms with Gasteiger partial charge in [-0.2, -0.15) is 0 Å². The lowest BCUT2D eigenvalue weighted by atomic mass is 9.93. The number of nitrogens with zero attached hydrogens (tertiary/aromatic N) is 2. The van der Waals surface area contributed by atoms with Crippen molar-refractivity contribution in [1.82, 2.24) is 4.98 Å². The highest BCUT2D eigenvalue weighted by molar-refractivity contribution is 9.10. The second kappa shape index (κ2) is 5.62. The van der Waals surface area contributed by atoms with Gasteiger partial charge in [0.25, 0.3) is 5.69 Å². The average molecular weight is 316 g/mol. The van der Waals surface area contributed by atoms with E-state index in [4.69, 9.17) is 10.5 Å². The second-order valence-electron chi connectivity index (χ2n) is 4.34. The van der Waals surface area contributed by atoms with Crippen LogP contribution >= 0.6 is 15.9 Å². The van der Waals surface area contributed by atoms with Crippen LogP contribution in [0.3, 0.4) is 0 Å². The zero-order chi connectivity index (χ0) is 13.1. The van der Waals surface area contributed by atoms with Gasteiger partial charge < -0.3 is 10.5 Å². The maximum Gasteiger partial charge on any atom is 0.288 e. The van der Waals surface area contributed by atoms with Crippen LogP contribution in [0.1, 0.15) is 25.7 Å². The summed E-state index contributed by atoms with van der Waals surface area (Å²) in [6.07, 6.45) is 5.17. The third-order valence-electron chi connectivity index (χ3n) is 3.02. The van der Waals surface area contributed by atoms with Gasteiger partial charge in [-0.25, -0.2) is 4.98 Å². The van der Waals surface area contributed by atoms with Crippen molar-refractivity contribution in [3.63, 3.8) is 0 Å². The van der Waals surface area contributed by atoms with Crippen LogP contribution in [0.4, 0.5) is 5.69 Å². The number of pyridine rings is 1. The molecule has 6 nitrogen and oxygen atoms in total. The van der Waals surface area contributed by atoms with Gasteiger partial charge in [0.05, 0.1) is 9.40 Å². The van der Waals surface area contributed by atoms with Crippen LogP contribution in [0.25, 0.3) is 0 Å². The number of hydrogen-bond acceptors (Lipinski definition) is 5. The lowest BCUT2D eigenvalue weighted by Crippen LogP contribution is -2.41. The fraction of sp³-hybridized carbons (Fsp3) is 0.545. The Morgan fingerprint density at radius 1 is 1.50 bits per heavy atom. The molecule has 1 saturated carbocycles. The zero-order valence-electron chi connectivity index (χ0n) is 9.71. The number of nitrogens with two attached hydrogens (primary N) is 1. The molecule has 1 aliphatic carbocycles. The van der Waals surface area contributed by atoms with Crippen molar-refractivity contribution in [1.29, 1.82) is 0 Å². The molecule has 1 aromatic heterocycles. The van der Waals surface area contributed by atoms with Gasteiger partial charge in [0.1, 0.15) is 12.3 Å². The molecule has 0 radical (unpaired) electrons. The Bertz CT molecular complexity index is 455. The SMILES string of the molecule is NC1CCCCC1Oc1ncc([N+](=O)[O-])cc1Br. The van der Waals surface area contributed by atoms with E-state index in [0.29, 0.717) is 10.4 Å². The molecule has 1 fully saturated rings. The highest BCUT2D eigenvalue weighted by Gasteiger charge is 2.25. The molecule has 2 unspecified atom stereocenters. The second-order valence-corrected chi connectivity index (χ2v) is 5.20. The van der Waals surface area contributed by atoms with E-state index in [-0.39, 0.29) is 17.8 Å². The number of aromatic nitrogens is 1. The normalized spacial score (nSPS) is 23.7. The first-order valence-corrected chi connectivity index (χ1v) is 6.59. The van der Waals surface area contributed by atoms with Gasteiger partial charge in [-0.05, 0) is 35.2 Å². The van der Waals surface area contributed by atoms with Crippen LogP contribution in [-0.4, -0.2) is 22.1 Å². The molecule has 1 aliphatic rings. The van der Waals surface area contributed by atoms with E-state index in [2.05, 4.69) is 20.9 Å². The summed E-state index contributed by atoms with van der Waals surface area (Å²) in [5, 5.41) is 10.6. The predicted octanol–water partition coefficient (Wildman–Crippen LogP) is 2.40. The molecule has 0 amide bonds. The predicted molar refractivity (Wildman–Crippen MR) is 69.5 cm³/mol. The summed E-state index contributed by atoms with van der Waals surface area (Å²) in [6, 6.07) is 1.39. The van der Waals surface area contributed by atoms with Crippen LogP contribution in [0.2, 0.25) is 0 Å². The Morgan fingerprint density at radius 3 is 2.83 bits per heavy atom. The van der Waals surface area contributed by atoms with E-state index in [1.54, 1.807) is 0 Å². The molecule has 18 heavy (non-hydrogen) atoms. The molecule has 0 saturated heterocycles. The van der Waals surface area contributed by atoms with Crippen LogP contribution in [-0.2, 0) is 0 Å². The topological polar surface area (TPSA) is 91.3 Å². The number of ether oxygens (including phenoxy) is 1. The van der Waals surface area contributed by atoms with E-state index >= 15 is 0 Å². The first-order chi connectivity index (χ1) is 8.58. The minimum Gasteiger partial charge on any atom is -0.472 e. The van der Waals surface area contributed by atoms with E-state index in [1.165, 1.54) is 12.3 Å². The number of rotatable bonds is 3. The summed E-state index contributed by atoms with van der Waals surface area (Å²) in [4.78, 5) is 14.1. The van der Waals surface area contributed by atoms with E-state index in [0.717, 1.165) is 25.7 Å². The fourth-order valence-corrected chi connectivity index (χ4v) is 2.45. The molecule has 2 atom stereocenters. The van der Waals surface area contributed by atoms with Gasteiger partial charge in [-0.1, -0.05) is 6.42 Å². The quantitative estimate of drug-likeness (QED) is 0.683. The molecule has 0 aromatic carbocycles. The van der Waals surface area contributed by atoms with Crippen LogP contribution in [0.15, 0.2) is 16.7 Å². The molecule has 2 rings (SSSR count). The molecule has 1 heterocycles. The fourth-order valence-electron chi connectivity index (χ4n) is 2.02. The van der Waals surface area contributed by atoms with Crippen molar-refractivity contribution >= 4 is 21.6 Å². The third kappa shape index (κ3) is 2.97. The van der Waals surface area contributed by atoms with Crippen LogP contribution < -0.4 is 10.5 Å². The summed E-state index contributed by atoms with van der Waals surface area (Å²) < 4.78 is 6.21. The minimum atomic E-state index is -0.492. The van der Waals surface area contributed by atoms with Crippen molar-refractivity contribution < 1.29 is 9.66 Å². The standard InChI is InChI=1S/C11H14BrN3O3/c12-8-5-7(15(16)17)6-14-11(8)18-10-4-2-1-3-9(10)13/h5-6,9-10H,1-4,13H2. The van der Waals surface area contributed by atoms with Crippen LogP contribution in [0.5, 0.6) is 5.88 Å². The van der Waals surface area contributed by atoms with Gasteiger partial charge in [-0.3, -0.25) is 10.1 Å².